The van der Waals surface area contributed by atoms with Crippen molar-refractivity contribution in [3.63, 3.8) is 0 Å². The van der Waals surface area contributed by atoms with Crippen molar-refractivity contribution >= 4 is 0 Å². The van der Waals surface area contributed by atoms with Gasteiger partial charge < -0.3 is 14.9 Å². The van der Waals surface area contributed by atoms with Gasteiger partial charge in [-0.2, -0.15) is 0 Å². The molecule has 72 valence electrons. The van der Waals surface area contributed by atoms with Crippen LogP contribution in [0, 0.1) is 5.92 Å². The lowest BCUT2D eigenvalue weighted by molar-refractivity contribution is -0.190. The Labute approximate surface area is 73.4 Å². The quantitative estimate of drug-likeness (QED) is 0.610. The SMILES string of the molecule is CCC1O[C@@H](C)C(O)[C@@H](C)[C@H]1O. The van der Waals surface area contributed by atoms with Crippen molar-refractivity contribution in [2.75, 3.05) is 0 Å². The van der Waals surface area contributed by atoms with Gasteiger partial charge in [-0.1, -0.05) is 13.8 Å². The van der Waals surface area contributed by atoms with E-state index in [0.29, 0.717) is 0 Å². The molecule has 3 heteroatoms. The molecule has 1 aliphatic rings. The van der Waals surface area contributed by atoms with Crippen molar-refractivity contribution in [3.05, 3.63) is 0 Å². The van der Waals surface area contributed by atoms with E-state index in [1.165, 1.54) is 0 Å². The van der Waals surface area contributed by atoms with Gasteiger partial charge in [0.1, 0.15) is 0 Å². The number of hydrogen-bond donors (Lipinski definition) is 2. The lowest BCUT2D eigenvalue weighted by Gasteiger charge is -2.40. The highest BCUT2D eigenvalue weighted by atomic mass is 16.5. The highest BCUT2D eigenvalue weighted by molar-refractivity contribution is 4.87. The lowest BCUT2D eigenvalue weighted by atomic mass is 9.87. The molecule has 0 saturated carbocycles. The largest absolute Gasteiger partial charge is 0.390 e. The van der Waals surface area contributed by atoms with Crippen LogP contribution in [0.1, 0.15) is 27.2 Å². The molecule has 1 fully saturated rings. The molecule has 0 aliphatic carbocycles. The average molecular weight is 174 g/mol. The second-order valence-corrected chi connectivity index (χ2v) is 3.63. The monoisotopic (exact) mass is 174 g/mol. The molecule has 1 rings (SSSR count). The zero-order valence-electron chi connectivity index (χ0n) is 7.90. The summed E-state index contributed by atoms with van der Waals surface area (Å²) in [7, 11) is 0. The molecule has 3 nitrogen and oxygen atoms in total. The van der Waals surface area contributed by atoms with E-state index in [1.807, 2.05) is 20.8 Å². The first-order valence-corrected chi connectivity index (χ1v) is 4.59. The predicted octanol–water partition coefficient (Wildman–Crippen LogP) is 0.542. The molecule has 0 bridgehead atoms. The van der Waals surface area contributed by atoms with Crippen LogP contribution in [0.2, 0.25) is 0 Å². The van der Waals surface area contributed by atoms with Gasteiger partial charge in [0.25, 0.3) is 0 Å². The Morgan fingerprint density at radius 3 is 2.25 bits per heavy atom. The molecule has 12 heavy (non-hydrogen) atoms. The summed E-state index contributed by atoms with van der Waals surface area (Å²) in [6, 6.07) is 0. The Hall–Kier alpha value is -0.120. The molecule has 0 amide bonds. The van der Waals surface area contributed by atoms with Crippen LogP contribution in [0.5, 0.6) is 0 Å². The van der Waals surface area contributed by atoms with Gasteiger partial charge in [0, 0.05) is 5.92 Å². The topological polar surface area (TPSA) is 49.7 Å². The van der Waals surface area contributed by atoms with Crippen molar-refractivity contribution in [1.82, 2.24) is 0 Å². The van der Waals surface area contributed by atoms with Gasteiger partial charge in [0.2, 0.25) is 0 Å². The van der Waals surface area contributed by atoms with E-state index in [9.17, 15) is 10.2 Å². The van der Waals surface area contributed by atoms with E-state index in [4.69, 9.17) is 4.74 Å². The smallest absolute Gasteiger partial charge is 0.0852 e. The summed E-state index contributed by atoms with van der Waals surface area (Å²) in [5.74, 6) is -0.0845. The third-order valence-electron chi connectivity index (χ3n) is 2.73. The van der Waals surface area contributed by atoms with Crippen LogP contribution < -0.4 is 0 Å². The minimum absolute atomic E-state index is 0.0845. The third-order valence-corrected chi connectivity index (χ3v) is 2.73. The van der Waals surface area contributed by atoms with Gasteiger partial charge in [-0.05, 0) is 13.3 Å². The number of ether oxygens (including phenoxy) is 1. The molecule has 0 aromatic carbocycles. The van der Waals surface area contributed by atoms with E-state index >= 15 is 0 Å². The third kappa shape index (κ3) is 1.63. The van der Waals surface area contributed by atoms with E-state index in [-0.39, 0.29) is 18.1 Å². The fourth-order valence-corrected chi connectivity index (χ4v) is 1.74. The molecule has 1 saturated heterocycles. The summed E-state index contributed by atoms with van der Waals surface area (Å²) >= 11 is 0. The van der Waals surface area contributed by atoms with Gasteiger partial charge in [0.15, 0.2) is 0 Å². The van der Waals surface area contributed by atoms with Crippen molar-refractivity contribution in [3.8, 4) is 0 Å². The molecule has 2 unspecified atom stereocenters. The van der Waals surface area contributed by atoms with Crippen LogP contribution in [0.3, 0.4) is 0 Å². The fraction of sp³-hybridized carbons (Fsp3) is 1.00. The zero-order valence-corrected chi connectivity index (χ0v) is 7.90. The van der Waals surface area contributed by atoms with Crippen LogP contribution in [-0.2, 0) is 4.74 Å². The molecular weight excluding hydrogens is 156 g/mol. The Balaban J connectivity index is 2.63. The van der Waals surface area contributed by atoms with Crippen LogP contribution in [0.4, 0.5) is 0 Å². The highest BCUT2D eigenvalue weighted by Gasteiger charge is 2.38. The summed E-state index contributed by atoms with van der Waals surface area (Å²) in [6.45, 7) is 5.68. The number of hydrogen-bond acceptors (Lipinski definition) is 3. The average Bonchev–Trinajstić information content (AvgIpc) is 2.08. The summed E-state index contributed by atoms with van der Waals surface area (Å²) in [4.78, 5) is 0. The van der Waals surface area contributed by atoms with E-state index in [1.54, 1.807) is 0 Å². The molecule has 0 aromatic heterocycles. The van der Waals surface area contributed by atoms with Gasteiger partial charge in [-0.3, -0.25) is 0 Å². The molecule has 2 N–H and O–H groups in total. The van der Waals surface area contributed by atoms with Crippen LogP contribution in [-0.4, -0.2) is 34.6 Å². The van der Waals surface area contributed by atoms with E-state index < -0.39 is 12.2 Å². The van der Waals surface area contributed by atoms with Crippen LogP contribution in [0.25, 0.3) is 0 Å². The minimum Gasteiger partial charge on any atom is -0.390 e. The molecule has 0 spiro atoms. The van der Waals surface area contributed by atoms with Crippen molar-refractivity contribution in [2.24, 2.45) is 5.92 Å². The van der Waals surface area contributed by atoms with Gasteiger partial charge in [-0.25, -0.2) is 0 Å². The number of aliphatic hydroxyl groups is 2. The molecular formula is C9H18O3. The highest BCUT2D eigenvalue weighted by Crippen LogP contribution is 2.26. The maximum absolute atomic E-state index is 9.64. The lowest BCUT2D eigenvalue weighted by Crippen LogP contribution is -2.51. The van der Waals surface area contributed by atoms with Crippen LogP contribution >= 0.6 is 0 Å². The van der Waals surface area contributed by atoms with Crippen molar-refractivity contribution < 1.29 is 14.9 Å². The molecule has 5 atom stereocenters. The minimum atomic E-state index is -0.539. The zero-order chi connectivity index (χ0) is 9.30. The standard InChI is InChI=1S/C9H18O3/c1-4-7-9(11)5(2)8(10)6(3)12-7/h5-11H,4H2,1-3H3/t5-,6+,7?,8?,9-/m1/s1. The van der Waals surface area contributed by atoms with E-state index in [0.717, 1.165) is 6.42 Å². The molecule has 1 heterocycles. The van der Waals surface area contributed by atoms with Gasteiger partial charge in [-0.15, -0.1) is 0 Å². The fourth-order valence-electron chi connectivity index (χ4n) is 1.74. The summed E-state index contributed by atoms with van der Waals surface area (Å²) in [5, 5.41) is 19.2. The van der Waals surface area contributed by atoms with Crippen molar-refractivity contribution in [1.29, 1.82) is 0 Å². The maximum Gasteiger partial charge on any atom is 0.0852 e. The maximum atomic E-state index is 9.64. The molecule has 1 aliphatic heterocycles. The van der Waals surface area contributed by atoms with Gasteiger partial charge >= 0.3 is 0 Å². The first-order chi connectivity index (χ1) is 5.57. The Bertz CT molecular complexity index is 144. The first kappa shape index (κ1) is 9.96. The van der Waals surface area contributed by atoms with Crippen LogP contribution in [0.15, 0.2) is 0 Å². The van der Waals surface area contributed by atoms with Gasteiger partial charge in [0.05, 0.1) is 24.4 Å². The normalized spacial score (nSPS) is 49.2. The Morgan fingerprint density at radius 1 is 1.17 bits per heavy atom. The molecule has 0 radical (unpaired) electrons. The van der Waals surface area contributed by atoms with E-state index in [2.05, 4.69) is 0 Å². The summed E-state index contributed by atoms with van der Waals surface area (Å²) in [5.41, 5.74) is 0. The number of aliphatic hydroxyl groups excluding tert-OH is 2. The summed E-state index contributed by atoms with van der Waals surface area (Å²) in [6.07, 6.45) is -0.543. The molecule has 0 aromatic rings. The number of rotatable bonds is 1. The van der Waals surface area contributed by atoms with Crippen molar-refractivity contribution in [2.45, 2.75) is 51.6 Å². The second-order valence-electron chi connectivity index (χ2n) is 3.63. The predicted molar refractivity (Wildman–Crippen MR) is 45.8 cm³/mol. The first-order valence-electron chi connectivity index (χ1n) is 4.59. The Morgan fingerprint density at radius 2 is 1.75 bits per heavy atom. The second kappa shape index (κ2) is 3.73. The Kier molecular flexibility index (Phi) is 3.09. The summed E-state index contributed by atoms with van der Waals surface area (Å²) < 4.78 is 5.43.